The summed E-state index contributed by atoms with van der Waals surface area (Å²) in [6.45, 7) is 0.741. The largest absolute Gasteiger partial charge is 0.434 e. The molecular formula is C25H26N4O2. The van der Waals surface area contributed by atoms with Crippen molar-refractivity contribution in [2.24, 2.45) is 0 Å². The maximum absolute atomic E-state index is 12.8. The maximum Gasteiger partial charge on any atom is 0.228 e. The van der Waals surface area contributed by atoms with E-state index in [9.17, 15) is 4.79 Å². The molecule has 0 aliphatic heterocycles. The van der Waals surface area contributed by atoms with Gasteiger partial charge in [0.25, 0.3) is 0 Å². The summed E-state index contributed by atoms with van der Waals surface area (Å²) in [4.78, 5) is 26.0. The molecule has 0 aliphatic carbocycles. The Bertz CT molecular complexity index is 1230. The van der Waals surface area contributed by atoms with Gasteiger partial charge in [0.2, 0.25) is 5.89 Å². The van der Waals surface area contributed by atoms with Gasteiger partial charge < -0.3 is 14.2 Å². The summed E-state index contributed by atoms with van der Waals surface area (Å²) in [5.74, 6) is 0.585. The first kappa shape index (κ1) is 20.8. The van der Waals surface area contributed by atoms with Crippen LogP contribution in [0.4, 0.5) is 5.69 Å². The van der Waals surface area contributed by atoms with E-state index in [1.807, 2.05) is 93.8 Å². The molecule has 4 rings (SSSR count). The van der Waals surface area contributed by atoms with Crippen LogP contribution in [0, 0.1) is 0 Å². The van der Waals surface area contributed by atoms with Gasteiger partial charge in [0.15, 0.2) is 17.0 Å². The van der Waals surface area contributed by atoms with Crippen molar-refractivity contribution in [3.05, 3.63) is 77.5 Å². The van der Waals surface area contributed by atoms with E-state index in [0.29, 0.717) is 29.1 Å². The van der Waals surface area contributed by atoms with Crippen molar-refractivity contribution in [1.82, 2.24) is 14.9 Å². The summed E-state index contributed by atoms with van der Waals surface area (Å²) in [7, 11) is 7.94. The van der Waals surface area contributed by atoms with E-state index in [1.165, 1.54) is 0 Å². The second kappa shape index (κ2) is 8.70. The Labute approximate surface area is 182 Å². The first-order valence-corrected chi connectivity index (χ1v) is 10.2. The van der Waals surface area contributed by atoms with E-state index in [1.54, 1.807) is 0 Å². The number of oxazole rings is 1. The average Bonchev–Trinajstić information content (AvgIpc) is 3.17. The highest BCUT2D eigenvalue weighted by molar-refractivity contribution is 5.98. The Balaban J connectivity index is 1.57. The molecule has 2 heterocycles. The number of Topliss-reactive ketones (excluding diaryl/α,β-unsaturated/α-hetero) is 1. The van der Waals surface area contributed by atoms with Crippen LogP contribution < -0.4 is 4.90 Å². The van der Waals surface area contributed by atoms with Gasteiger partial charge in [0.05, 0.1) is 5.69 Å². The zero-order valence-electron chi connectivity index (χ0n) is 18.3. The van der Waals surface area contributed by atoms with Gasteiger partial charge in [-0.05, 0) is 56.1 Å². The Hall–Kier alpha value is -3.51. The number of rotatable bonds is 7. The number of carbonyl (C=O) groups excluding carboxylic acids is 1. The SMILES string of the molecule is CN(C)Cc1ccc2oc(-c3cccc(CC(=O)c4cccc(N(C)C)c4)c3)nc2n1. The number of nitrogens with zero attached hydrogens (tertiary/aromatic N) is 4. The molecule has 6 heteroatoms. The first-order chi connectivity index (χ1) is 14.9. The van der Waals surface area contributed by atoms with Crippen LogP contribution in [0.3, 0.4) is 0 Å². The molecule has 0 amide bonds. The smallest absolute Gasteiger partial charge is 0.228 e. The van der Waals surface area contributed by atoms with Gasteiger partial charge in [-0.25, -0.2) is 4.98 Å². The van der Waals surface area contributed by atoms with Gasteiger partial charge in [-0.1, -0.05) is 24.3 Å². The van der Waals surface area contributed by atoms with Gasteiger partial charge in [0.1, 0.15) is 0 Å². The Kier molecular flexibility index (Phi) is 5.82. The highest BCUT2D eigenvalue weighted by atomic mass is 16.3. The van der Waals surface area contributed by atoms with E-state index in [0.717, 1.165) is 29.1 Å². The molecule has 6 nitrogen and oxygen atoms in total. The zero-order valence-corrected chi connectivity index (χ0v) is 18.3. The van der Waals surface area contributed by atoms with Crippen LogP contribution in [-0.4, -0.2) is 48.8 Å². The van der Waals surface area contributed by atoms with Crippen molar-refractivity contribution in [1.29, 1.82) is 0 Å². The number of aromatic nitrogens is 2. The maximum atomic E-state index is 12.8. The molecule has 0 atom stereocenters. The van der Waals surface area contributed by atoms with Crippen molar-refractivity contribution in [2.45, 2.75) is 13.0 Å². The molecule has 2 aromatic heterocycles. The summed E-state index contributed by atoms with van der Waals surface area (Å²) in [6.07, 6.45) is 0.316. The normalized spacial score (nSPS) is 11.3. The molecule has 158 valence electrons. The number of carbonyl (C=O) groups is 1. The average molecular weight is 415 g/mol. The highest BCUT2D eigenvalue weighted by Crippen LogP contribution is 2.25. The number of ketones is 1. The van der Waals surface area contributed by atoms with Crippen LogP contribution in [0.25, 0.3) is 22.7 Å². The Morgan fingerprint density at radius 3 is 2.52 bits per heavy atom. The number of hydrogen-bond acceptors (Lipinski definition) is 6. The molecule has 0 unspecified atom stereocenters. The molecular weight excluding hydrogens is 388 g/mol. The summed E-state index contributed by atoms with van der Waals surface area (Å²) >= 11 is 0. The van der Waals surface area contributed by atoms with Gasteiger partial charge in [-0.3, -0.25) is 4.79 Å². The van der Waals surface area contributed by atoms with Crippen LogP contribution in [0.1, 0.15) is 21.6 Å². The van der Waals surface area contributed by atoms with Gasteiger partial charge in [-0.2, -0.15) is 4.98 Å². The summed E-state index contributed by atoms with van der Waals surface area (Å²) < 4.78 is 5.92. The van der Waals surface area contributed by atoms with Gasteiger partial charge in [-0.15, -0.1) is 0 Å². The Morgan fingerprint density at radius 2 is 1.74 bits per heavy atom. The predicted molar refractivity (Wildman–Crippen MR) is 123 cm³/mol. The second-order valence-corrected chi connectivity index (χ2v) is 8.13. The fourth-order valence-corrected chi connectivity index (χ4v) is 3.45. The lowest BCUT2D eigenvalue weighted by Gasteiger charge is -2.13. The fraction of sp³-hybridized carbons (Fsp3) is 0.240. The predicted octanol–water partition coefficient (Wildman–Crippen LogP) is 4.44. The minimum Gasteiger partial charge on any atom is -0.434 e. The van der Waals surface area contributed by atoms with Crippen molar-refractivity contribution in [3.63, 3.8) is 0 Å². The van der Waals surface area contributed by atoms with E-state index in [-0.39, 0.29) is 5.78 Å². The number of benzene rings is 2. The molecule has 0 spiro atoms. The summed E-state index contributed by atoms with van der Waals surface area (Å²) in [5, 5.41) is 0. The van der Waals surface area contributed by atoms with E-state index >= 15 is 0 Å². The van der Waals surface area contributed by atoms with Crippen molar-refractivity contribution in [2.75, 3.05) is 33.1 Å². The lowest BCUT2D eigenvalue weighted by atomic mass is 10.0. The quantitative estimate of drug-likeness (QED) is 0.417. The third kappa shape index (κ3) is 4.81. The van der Waals surface area contributed by atoms with Crippen LogP contribution in [0.15, 0.2) is 65.1 Å². The molecule has 0 saturated heterocycles. The second-order valence-electron chi connectivity index (χ2n) is 8.13. The monoisotopic (exact) mass is 414 g/mol. The number of pyridine rings is 1. The van der Waals surface area contributed by atoms with Gasteiger partial charge in [0, 0.05) is 43.9 Å². The van der Waals surface area contributed by atoms with Crippen molar-refractivity contribution < 1.29 is 9.21 Å². The number of fused-ring (bicyclic) bond motifs is 1. The van der Waals surface area contributed by atoms with Crippen LogP contribution in [0.2, 0.25) is 0 Å². The van der Waals surface area contributed by atoms with Crippen LogP contribution in [0.5, 0.6) is 0 Å². The highest BCUT2D eigenvalue weighted by Gasteiger charge is 2.13. The van der Waals surface area contributed by atoms with Gasteiger partial charge >= 0.3 is 0 Å². The molecule has 0 N–H and O–H groups in total. The molecule has 2 aromatic carbocycles. The van der Waals surface area contributed by atoms with E-state index in [4.69, 9.17) is 4.42 Å². The zero-order chi connectivity index (χ0) is 22.0. The molecule has 31 heavy (non-hydrogen) atoms. The molecule has 0 radical (unpaired) electrons. The first-order valence-electron chi connectivity index (χ1n) is 10.2. The number of anilines is 1. The molecule has 0 saturated carbocycles. The summed E-state index contributed by atoms with van der Waals surface area (Å²) in [6, 6.07) is 19.3. The molecule has 0 fully saturated rings. The minimum absolute atomic E-state index is 0.0772. The van der Waals surface area contributed by atoms with Crippen molar-refractivity contribution >= 4 is 22.7 Å². The minimum atomic E-state index is 0.0772. The van der Waals surface area contributed by atoms with Crippen LogP contribution in [-0.2, 0) is 13.0 Å². The lowest BCUT2D eigenvalue weighted by Crippen LogP contribution is -2.11. The molecule has 0 aliphatic rings. The lowest BCUT2D eigenvalue weighted by molar-refractivity contribution is 0.0993. The number of hydrogen-bond donors (Lipinski definition) is 0. The van der Waals surface area contributed by atoms with Crippen LogP contribution >= 0.6 is 0 Å². The fourth-order valence-electron chi connectivity index (χ4n) is 3.45. The Morgan fingerprint density at radius 1 is 0.935 bits per heavy atom. The third-order valence-electron chi connectivity index (χ3n) is 5.01. The third-order valence-corrected chi connectivity index (χ3v) is 5.01. The molecule has 0 bridgehead atoms. The summed E-state index contributed by atoms with van der Waals surface area (Å²) in [5.41, 5.74) is 5.65. The standard InChI is InChI=1S/C25H26N4O2/c1-28(2)16-20-11-12-23-24(26-20)27-25(31-23)19-9-5-7-17(13-19)14-22(30)18-8-6-10-21(15-18)29(3)4/h5-13,15H,14,16H2,1-4H3. The van der Waals surface area contributed by atoms with Crippen molar-refractivity contribution in [3.8, 4) is 11.5 Å². The van der Waals surface area contributed by atoms with E-state index in [2.05, 4.69) is 14.9 Å². The molecule has 4 aromatic rings. The van der Waals surface area contributed by atoms with E-state index < -0.39 is 0 Å². The topological polar surface area (TPSA) is 62.5 Å².